The van der Waals surface area contributed by atoms with Gasteiger partial charge >= 0.3 is 0 Å². The van der Waals surface area contributed by atoms with E-state index in [0.29, 0.717) is 12.0 Å². The van der Waals surface area contributed by atoms with Gasteiger partial charge in [0.1, 0.15) is 0 Å². The molecule has 1 saturated carbocycles. The number of benzene rings is 1. The number of hydrogen-bond acceptors (Lipinski definition) is 2. The van der Waals surface area contributed by atoms with Gasteiger partial charge in [-0.3, -0.25) is 0 Å². The average Bonchev–Trinajstić information content (AvgIpc) is 3.09. The summed E-state index contributed by atoms with van der Waals surface area (Å²) in [6, 6.07) is 5.43. The van der Waals surface area contributed by atoms with Crippen molar-refractivity contribution in [2.45, 2.75) is 52.2 Å². The van der Waals surface area contributed by atoms with Crippen LogP contribution in [0.2, 0.25) is 0 Å². The second-order valence-corrected chi connectivity index (χ2v) is 6.32. The molecule has 1 saturated heterocycles. The van der Waals surface area contributed by atoms with E-state index in [1.54, 1.807) is 0 Å². The minimum Gasteiger partial charge on any atom is -0.373 e. The second-order valence-electron chi connectivity index (χ2n) is 6.32. The maximum absolute atomic E-state index is 6.04. The lowest BCUT2D eigenvalue weighted by Crippen LogP contribution is -2.26. The SMILES string of the molecule is Cc1cc(C)c(C2OCCC2CNC2CC2)cc1C. The maximum Gasteiger partial charge on any atom is 0.0868 e. The van der Waals surface area contributed by atoms with Crippen molar-refractivity contribution in [2.24, 2.45) is 5.92 Å². The fourth-order valence-electron chi connectivity index (χ4n) is 3.08. The Morgan fingerprint density at radius 1 is 1.05 bits per heavy atom. The third-order valence-corrected chi connectivity index (χ3v) is 4.65. The lowest BCUT2D eigenvalue weighted by Gasteiger charge is -2.22. The van der Waals surface area contributed by atoms with Gasteiger partial charge in [-0.2, -0.15) is 0 Å². The van der Waals surface area contributed by atoms with E-state index in [9.17, 15) is 0 Å². The van der Waals surface area contributed by atoms with Crippen LogP contribution in [0.1, 0.15) is 47.6 Å². The zero-order chi connectivity index (χ0) is 13.4. The fraction of sp³-hybridized carbons (Fsp3) is 0.647. The van der Waals surface area contributed by atoms with E-state index in [0.717, 1.165) is 19.2 Å². The molecule has 2 heteroatoms. The van der Waals surface area contributed by atoms with Crippen molar-refractivity contribution in [2.75, 3.05) is 13.2 Å². The smallest absolute Gasteiger partial charge is 0.0868 e. The molecule has 104 valence electrons. The molecular weight excluding hydrogens is 234 g/mol. The average molecular weight is 259 g/mol. The molecule has 19 heavy (non-hydrogen) atoms. The zero-order valence-electron chi connectivity index (χ0n) is 12.3. The molecule has 2 fully saturated rings. The maximum atomic E-state index is 6.04. The topological polar surface area (TPSA) is 21.3 Å². The Morgan fingerprint density at radius 2 is 1.79 bits per heavy atom. The van der Waals surface area contributed by atoms with Crippen LogP contribution in [0.25, 0.3) is 0 Å². The number of rotatable bonds is 4. The normalized spacial score (nSPS) is 26.9. The summed E-state index contributed by atoms with van der Waals surface area (Å²) in [7, 11) is 0. The zero-order valence-corrected chi connectivity index (χ0v) is 12.3. The summed E-state index contributed by atoms with van der Waals surface area (Å²) in [6.07, 6.45) is 4.21. The highest BCUT2D eigenvalue weighted by Crippen LogP contribution is 2.37. The molecule has 0 aromatic heterocycles. The first-order valence-corrected chi connectivity index (χ1v) is 7.58. The lowest BCUT2D eigenvalue weighted by molar-refractivity contribution is 0.0899. The molecule has 0 bridgehead atoms. The molecule has 2 nitrogen and oxygen atoms in total. The van der Waals surface area contributed by atoms with Crippen molar-refractivity contribution in [3.63, 3.8) is 0 Å². The Labute approximate surface area is 116 Å². The molecule has 2 unspecified atom stereocenters. The Bertz CT molecular complexity index is 465. The van der Waals surface area contributed by atoms with Crippen molar-refractivity contribution in [3.05, 3.63) is 34.4 Å². The van der Waals surface area contributed by atoms with Gasteiger partial charge in [-0.05, 0) is 62.3 Å². The van der Waals surface area contributed by atoms with Gasteiger partial charge < -0.3 is 10.1 Å². The number of nitrogens with one attached hydrogen (secondary N) is 1. The molecular formula is C17H25NO. The van der Waals surface area contributed by atoms with E-state index in [4.69, 9.17) is 4.74 Å². The van der Waals surface area contributed by atoms with Crippen molar-refractivity contribution in [1.29, 1.82) is 0 Å². The van der Waals surface area contributed by atoms with Gasteiger partial charge in [0.15, 0.2) is 0 Å². The first kappa shape index (κ1) is 13.1. The monoisotopic (exact) mass is 259 g/mol. The van der Waals surface area contributed by atoms with Crippen molar-refractivity contribution in [3.8, 4) is 0 Å². The quantitative estimate of drug-likeness (QED) is 0.894. The van der Waals surface area contributed by atoms with Crippen LogP contribution in [-0.4, -0.2) is 19.2 Å². The van der Waals surface area contributed by atoms with Crippen LogP contribution < -0.4 is 5.32 Å². The number of aryl methyl sites for hydroxylation is 3. The molecule has 0 radical (unpaired) electrons. The van der Waals surface area contributed by atoms with Gasteiger partial charge in [-0.15, -0.1) is 0 Å². The van der Waals surface area contributed by atoms with Crippen LogP contribution in [-0.2, 0) is 4.74 Å². The molecule has 3 rings (SSSR count). The second kappa shape index (κ2) is 5.26. The molecule has 2 aliphatic rings. The van der Waals surface area contributed by atoms with E-state index in [1.807, 2.05) is 0 Å². The first-order valence-electron chi connectivity index (χ1n) is 7.58. The molecule has 0 spiro atoms. The van der Waals surface area contributed by atoms with Crippen molar-refractivity contribution < 1.29 is 4.74 Å². The van der Waals surface area contributed by atoms with Crippen molar-refractivity contribution in [1.82, 2.24) is 5.32 Å². The fourth-order valence-corrected chi connectivity index (χ4v) is 3.08. The van der Waals surface area contributed by atoms with E-state index in [-0.39, 0.29) is 0 Å². The van der Waals surface area contributed by atoms with E-state index >= 15 is 0 Å². The highest BCUT2D eigenvalue weighted by Gasteiger charge is 2.32. The predicted octanol–water partition coefficient (Wildman–Crippen LogP) is 3.44. The van der Waals surface area contributed by atoms with E-state index in [2.05, 4.69) is 38.2 Å². The Morgan fingerprint density at radius 3 is 2.53 bits per heavy atom. The Hall–Kier alpha value is -0.860. The van der Waals surface area contributed by atoms with Crippen LogP contribution >= 0.6 is 0 Å². The summed E-state index contributed by atoms with van der Waals surface area (Å²) in [5.41, 5.74) is 5.55. The summed E-state index contributed by atoms with van der Waals surface area (Å²) in [6.45, 7) is 8.63. The highest BCUT2D eigenvalue weighted by molar-refractivity contribution is 5.38. The molecule has 1 aromatic carbocycles. The third kappa shape index (κ3) is 2.85. The third-order valence-electron chi connectivity index (χ3n) is 4.65. The minimum absolute atomic E-state index is 0.297. The van der Waals surface area contributed by atoms with Crippen LogP contribution in [0, 0.1) is 26.7 Å². The standard InChI is InChI=1S/C17H25NO/c1-11-8-13(3)16(9-12(11)2)17-14(6-7-19-17)10-18-15-4-5-15/h8-9,14-15,17-18H,4-7,10H2,1-3H3. The van der Waals surface area contributed by atoms with Crippen LogP contribution in [0.5, 0.6) is 0 Å². The van der Waals surface area contributed by atoms with Gasteiger partial charge in [-0.1, -0.05) is 12.1 Å². The van der Waals surface area contributed by atoms with Gasteiger partial charge in [0.2, 0.25) is 0 Å². The van der Waals surface area contributed by atoms with Gasteiger partial charge in [0.25, 0.3) is 0 Å². The van der Waals surface area contributed by atoms with Crippen LogP contribution in [0.3, 0.4) is 0 Å². The molecule has 1 heterocycles. The molecule has 2 atom stereocenters. The Kier molecular flexibility index (Phi) is 3.64. The lowest BCUT2D eigenvalue weighted by atomic mass is 9.90. The molecule has 1 aliphatic carbocycles. The molecule has 0 amide bonds. The molecule has 1 aliphatic heterocycles. The summed E-state index contributed by atoms with van der Waals surface area (Å²) in [5.74, 6) is 0.640. The van der Waals surface area contributed by atoms with Crippen LogP contribution in [0.15, 0.2) is 12.1 Å². The van der Waals surface area contributed by atoms with E-state index < -0.39 is 0 Å². The minimum atomic E-state index is 0.297. The highest BCUT2D eigenvalue weighted by atomic mass is 16.5. The molecule has 1 N–H and O–H groups in total. The van der Waals surface area contributed by atoms with Gasteiger partial charge in [0, 0.05) is 25.1 Å². The summed E-state index contributed by atoms with van der Waals surface area (Å²) >= 11 is 0. The summed E-state index contributed by atoms with van der Waals surface area (Å²) < 4.78 is 6.04. The Balaban J connectivity index is 1.77. The largest absolute Gasteiger partial charge is 0.373 e. The first-order chi connectivity index (χ1) is 9.15. The van der Waals surface area contributed by atoms with Gasteiger partial charge in [-0.25, -0.2) is 0 Å². The predicted molar refractivity (Wildman–Crippen MR) is 78.5 cm³/mol. The van der Waals surface area contributed by atoms with Crippen LogP contribution in [0.4, 0.5) is 0 Å². The van der Waals surface area contributed by atoms with Gasteiger partial charge in [0.05, 0.1) is 6.10 Å². The number of hydrogen-bond donors (Lipinski definition) is 1. The number of ether oxygens (including phenoxy) is 1. The van der Waals surface area contributed by atoms with E-state index in [1.165, 1.54) is 41.5 Å². The molecule has 1 aromatic rings. The summed E-state index contributed by atoms with van der Waals surface area (Å²) in [4.78, 5) is 0. The van der Waals surface area contributed by atoms with Crippen molar-refractivity contribution >= 4 is 0 Å². The summed E-state index contributed by atoms with van der Waals surface area (Å²) in [5, 5.41) is 3.66.